The van der Waals surface area contributed by atoms with Crippen molar-refractivity contribution in [2.75, 3.05) is 84.4 Å². The first-order valence-corrected chi connectivity index (χ1v) is 21.3. The van der Waals surface area contributed by atoms with Crippen LogP contribution in [0.1, 0.15) is 109 Å². The van der Waals surface area contributed by atoms with Crippen molar-refractivity contribution in [3.05, 3.63) is 0 Å². The predicted molar refractivity (Wildman–Crippen MR) is 215 cm³/mol. The van der Waals surface area contributed by atoms with E-state index in [1.165, 1.54) is 25.7 Å². The van der Waals surface area contributed by atoms with Gasteiger partial charge in [0.25, 0.3) is 0 Å². The third kappa shape index (κ3) is 39.2. The molecular formula is C38H68BrN5O13. The average Bonchev–Trinajstić information content (AvgIpc) is 3.18. The quantitative estimate of drug-likeness (QED) is 0.0344. The Labute approximate surface area is 345 Å². The van der Waals surface area contributed by atoms with Crippen LogP contribution in [0, 0.1) is 0 Å². The maximum atomic E-state index is 12.3. The lowest BCUT2D eigenvalue weighted by atomic mass is 10.0. The van der Waals surface area contributed by atoms with Gasteiger partial charge in [0, 0.05) is 45.4 Å². The SMILES string of the molecule is O=C(O)CCCCCCCCCCCCCCCC(=O)N[C@@H](CCC(=O)NCCOCCOCC(=O)NCCOCCOCC(=O)NCCNC(=O)CBr)C(=O)O. The molecule has 1 atom stereocenters. The predicted octanol–water partition coefficient (Wildman–Crippen LogP) is 2.20. The van der Waals surface area contributed by atoms with E-state index in [0.717, 1.165) is 51.4 Å². The molecule has 0 aliphatic rings. The third-order valence-corrected chi connectivity index (χ3v) is 8.84. The Morgan fingerprint density at radius 3 is 1.30 bits per heavy atom. The van der Waals surface area contributed by atoms with E-state index in [2.05, 4.69) is 42.5 Å². The van der Waals surface area contributed by atoms with Crippen LogP contribution in [0.3, 0.4) is 0 Å². The largest absolute Gasteiger partial charge is 0.481 e. The van der Waals surface area contributed by atoms with E-state index in [1.807, 2.05) is 0 Å². The van der Waals surface area contributed by atoms with Gasteiger partial charge in [-0.1, -0.05) is 86.6 Å². The molecule has 0 bridgehead atoms. The number of aliphatic carboxylic acids is 2. The number of hydrogen-bond acceptors (Lipinski definition) is 11. The van der Waals surface area contributed by atoms with Crippen LogP contribution in [0.2, 0.25) is 0 Å². The van der Waals surface area contributed by atoms with Crippen LogP contribution in [0.4, 0.5) is 0 Å². The normalized spacial score (nSPS) is 11.4. The Bertz CT molecular complexity index is 1120. The molecule has 0 aliphatic heterocycles. The Balaban J connectivity index is 3.66. The number of carboxylic acids is 2. The zero-order valence-corrected chi connectivity index (χ0v) is 35.1. The Hall–Kier alpha value is -3.39. The van der Waals surface area contributed by atoms with E-state index in [-0.39, 0.29) is 126 Å². The molecule has 0 aromatic rings. The maximum absolute atomic E-state index is 12.3. The molecule has 19 heteroatoms. The molecule has 0 radical (unpaired) electrons. The van der Waals surface area contributed by atoms with Gasteiger partial charge in [-0.05, 0) is 19.3 Å². The van der Waals surface area contributed by atoms with E-state index in [9.17, 15) is 38.7 Å². The van der Waals surface area contributed by atoms with Crippen molar-refractivity contribution in [1.29, 1.82) is 0 Å². The minimum Gasteiger partial charge on any atom is -0.481 e. The highest BCUT2D eigenvalue weighted by molar-refractivity contribution is 9.09. The lowest BCUT2D eigenvalue weighted by Crippen LogP contribution is -2.41. The van der Waals surface area contributed by atoms with Gasteiger partial charge in [-0.15, -0.1) is 0 Å². The van der Waals surface area contributed by atoms with Crippen molar-refractivity contribution in [1.82, 2.24) is 26.6 Å². The number of carbonyl (C=O) groups is 7. The number of amides is 5. The van der Waals surface area contributed by atoms with E-state index in [1.54, 1.807) is 0 Å². The summed E-state index contributed by atoms with van der Waals surface area (Å²) in [6, 6.07) is -1.14. The molecule has 0 aromatic heterocycles. The summed E-state index contributed by atoms with van der Waals surface area (Å²) in [6.45, 7) is 2.05. The third-order valence-electron chi connectivity index (χ3n) is 8.33. The molecule has 0 unspecified atom stereocenters. The molecule has 0 aliphatic carbocycles. The number of hydrogen-bond donors (Lipinski definition) is 7. The summed E-state index contributed by atoms with van der Waals surface area (Å²) >= 11 is 3.03. The van der Waals surface area contributed by atoms with Crippen LogP contribution in [0.15, 0.2) is 0 Å². The van der Waals surface area contributed by atoms with Gasteiger partial charge < -0.3 is 55.7 Å². The van der Waals surface area contributed by atoms with Crippen molar-refractivity contribution in [3.8, 4) is 0 Å². The minimum atomic E-state index is -1.19. The minimum absolute atomic E-state index is 0.0298. The van der Waals surface area contributed by atoms with Gasteiger partial charge in [0.2, 0.25) is 29.5 Å². The number of halogens is 1. The molecule has 18 nitrogen and oxygen atoms in total. The van der Waals surface area contributed by atoms with E-state index in [4.69, 9.17) is 24.1 Å². The van der Waals surface area contributed by atoms with Gasteiger partial charge in [0.15, 0.2) is 0 Å². The number of carbonyl (C=O) groups excluding carboxylic acids is 5. The number of alkyl halides is 1. The lowest BCUT2D eigenvalue weighted by molar-refractivity contribution is -0.142. The van der Waals surface area contributed by atoms with Gasteiger partial charge in [0.05, 0.1) is 45.0 Å². The molecule has 0 spiro atoms. The maximum Gasteiger partial charge on any atom is 0.326 e. The summed E-state index contributed by atoms with van der Waals surface area (Å²) in [5.41, 5.74) is 0. The highest BCUT2D eigenvalue weighted by Gasteiger charge is 2.20. The van der Waals surface area contributed by atoms with Crippen LogP contribution >= 0.6 is 15.9 Å². The van der Waals surface area contributed by atoms with E-state index in [0.29, 0.717) is 19.5 Å². The monoisotopic (exact) mass is 881 g/mol. The van der Waals surface area contributed by atoms with Gasteiger partial charge in [-0.25, -0.2) is 4.79 Å². The van der Waals surface area contributed by atoms with Gasteiger partial charge >= 0.3 is 11.9 Å². The summed E-state index contributed by atoms with van der Waals surface area (Å²) < 4.78 is 21.2. The van der Waals surface area contributed by atoms with Gasteiger partial charge in [0.1, 0.15) is 19.3 Å². The fourth-order valence-corrected chi connectivity index (χ4v) is 5.44. The number of ether oxygens (including phenoxy) is 4. The van der Waals surface area contributed by atoms with Crippen molar-refractivity contribution in [2.45, 2.75) is 115 Å². The number of rotatable bonds is 41. The zero-order chi connectivity index (χ0) is 42.2. The first kappa shape index (κ1) is 53.6. The molecule has 0 rings (SSSR count). The molecule has 0 aromatic carbocycles. The van der Waals surface area contributed by atoms with Crippen LogP contribution in [-0.4, -0.2) is 142 Å². The first-order chi connectivity index (χ1) is 27.5. The standard InChI is InChI=1S/C38H68BrN5O13/c39-28-34(47)40-18-19-41-35(48)29-56-26-25-55-23-21-43-36(49)30-57-27-24-54-22-20-42-32(45)17-16-31(38(52)53)44-33(46)14-12-10-8-6-4-2-1-3-5-7-9-11-13-15-37(50)51/h31H,1-30H2,(H,40,47)(H,41,48)(H,42,45)(H,43,49)(H,44,46)(H,50,51)(H,52,53)/t31-/m0/s1. The number of carboxylic acid groups (broad SMARTS) is 2. The second kappa shape index (κ2) is 39.4. The Kier molecular flexibility index (Phi) is 37.1. The first-order valence-electron chi connectivity index (χ1n) is 20.2. The zero-order valence-electron chi connectivity index (χ0n) is 33.6. The summed E-state index contributed by atoms with van der Waals surface area (Å²) in [4.78, 5) is 81.1. The molecule has 0 saturated heterocycles. The summed E-state index contributed by atoms with van der Waals surface area (Å²) in [7, 11) is 0. The van der Waals surface area contributed by atoms with Gasteiger partial charge in [-0.3, -0.25) is 28.8 Å². The van der Waals surface area contributed by atoms with Crippen LogP contribution in [0.5, 0.6) is 0 Å². The second-order valence-corrected chi connectivity index (χ2v) is 13.9. The van der Waals surface area contributed by atoms with Crippen molar-refractivity contribution in [3.63, 3.8) is 0 Å². The molecule has 57 heavy (non-hydrogen) atoms. The Morgan fingerprint density at radius 1 is 0.439 bits per heavy atom. The lowest BCUT2D eigenvalue weighted by Gasteiger charge is -2.14. The molecular weight excluding hydrogens is 814 g/mol. The summed E-state index contributed by atoms with van der Waals surface area (Å²) in [5, 5.41) is 31.3. The van der Waals surface area contributed by atoms with E-state index < -0.39 is 18.0 Å². The fourth-order valence-electron chi connectivity index (χ4n) is 5.24. The van der Waals surface area contributed by atoms with Gasteiger partial charge in [-0.2, -0.15) is 0 Å². The molecule has 0 fully saturated rings. The molecule has 330 valence electrons. The summed E-state index contributed by atoms with van der Waals surface area (Å²) in [5.74, 6) is -3.40. The fraction of sp³-hybridized carbons (Fsp3) is 0.816. The van der Waals surface area contributed by atoms with E-state index >= 15 is 0 Å². The second-order valence-electron chi connectivity index (χ2n) is 13.4. The van der Waals surface area contributed by atoms with Crippen molar-refractivity contribution in [2.24, 2.45) is 0 Å². The van der Waals surface area contributed by atoms with Crippen molar-refractivity contribution < 1.29 is 62.7 Å². The highest BCUT2D eigenvalue weighted by Crippen LogP contribution is 2.13. The summed E-state index contributed by atoms with van der Waals surface area (Å²) in [6.07, 6.45) is 14.1. The Morgan fingerprint density at radius 2 is 0.842 bits per heavy atom. The smallest absolute Gasteiger partial charge is 0.326 e. The van der Waals surface area contributed by atoms with Crippen molar-refractivity contribution >= 4 is 57.4 Å². The molecule has 7 N–H and O–H groups in total. The average molecular weight is 883 g/mol. The molecule has 0 saturated carbocycles. The number of unbranched alkanes of at least 4 members (excludes halogenated alkanes) is 12. The van der Waals surface area contributed by atoms with Crippen LogP contribution < -0.4 is 26.6 Å². The highest BCUT2D eigenvalue weighted by atomic mass is 79.9. The topological polar surface area (TPSA) is 257 Å². The molecule has 0 heterocycles. The molecule has 5 amide bonds. The number of nitrogens with one attached hydrogen (secondary N) is 5. The van der Waals surface area contributed by atoms with Crippen LogP contribution in [-0.2, 0) is 52.5 Å². The van der Waals surface area contributed by atoms with Crippen LogP contribution in [0.25, 0.3) is 0 Å².